The molecular weight excluding hydrogens is 230 g/mol. The molecule has 1 aliphatic heterocycles. The quantitative estimate of drug-likeness (QED) is 0.681. The fourth-order valence-corrected chi connectivity index (χ4v) is 2.08. The standard InChI is InChI=1S/C13H25N3O2/c1-9-5-7-14-11(9)12(18)15-8-6-10(17)16-13(2,3)4/h9,11,14H,5-8H2,1-4H3,(H,15,18)(H,16,17). The minimum atomic E-state index is -0.220. The second-order valence-electron chi connectivity index (χ2n) is 6.04. The maximum absolute atomic E-state index is 11.8. The van der Waals surface area contributed by atoms with Crippen molar-refractivity contribution in [3.05, 3.63) is 0 Å². The largest absolute Gasteiger partial charge is 0.354 e. The monoisotopic (exact) mass is 255 g/mol. The zero-order valence-electron chi connectivity index (χ0n) is 11.8. The highest BCUT2D eigenvalue weighted by atomic mass is 16.2. The van der Waals surface area contributed by atoms with Gasteiger partial charge in [0.2, 0.25) is 11.8 Å². The molecule has 2 amide bonds. The highest BCUT2D eigenvalue weighted by Crippen LogP contribution is 2.13. The number of hydrogen-bond acceptors (Lipinski definition) is 3. The fourth-order valence-electron chi connectivity index (χ4n) is 2.08. The summed E-state index contributed by atoms with van der Waals surface area (Å²) in [6.07, 6.45) is 1.35. The lowest BCUT2D eigenvalue weighted by Gasteiger charge is -2.21. The molecule has 0 aromatic heterocycles. The molecule has 0 aromatic rings. The van der Waals surface area contributed by atoms with Crippen LogP contribution in [0.2, 0.25) is 0 Å². The Kier molecular flexibility index (Phi) is 5.14. The van der Waals surface area contributed by atoms with Gasteiger partial charge < -0.3 is 16.0 Å². The van der Waals surface area contributed by atoms with Gasteiger partial charge >= 0.3 is 0 Å². The summed E-state index contributed by atoms with van der Waals surface area (Å²) >= 11 is 0. The molecular formula is C13H25N3O2. The lowest BCUT2D eigenvalue weighted by molar-refractivity contribution is -0.124. The van der Waals surface area contributed by atoms with Gasteiger partial charge in [0, 0.05) is 18.5 Å². The first-order valence-electron chi connectivity index (χ1n) is 6.62. The lowest BCUT2D eigenvalue weighted by Crippen LogP contribution is -2.45. The number of hydrogen-bond donors (Lipinski definition) is 3. The molecule has 1 fully saturated rings. The van der Waals surface area contributed by atoms with E-state index in [1.165, 1.54) is 0 Å². The summed E-state index contributed by atoms with van der Waals surface area (Å²) in [6, 6.07) is -0.101. The number of amides is 2. The first kappa shape index (κ1) is 15.0. The van der Waals surface area contributed by atoms with Gasteiger partial charge in [-0.15, -0.1) is 0 Å². The normalized spacial score (nSPS) is 23.8. The van der Waals surface area contributed by atoms with E-state index in [0.29, 0.717) is 18.9 Å². The molecule has 0 spiro atoms. The van der Waals surface area contributed by atoms with Crippen LogP contribution in [0.15, 0.2) is 0 Å². The molecule has 0 radical (unpaired) electrons. The highest BCUT2D eigenvalue weighted by molar-refractivity contribution is 5.83. The van der Waals surface area contributed by atoms with Crippen LogP contribution in [0.3, 0.4) is 0 Å². The van der Waals surface area contributed by atoms with Crippen molar-refractivity contribution < 1.29 is 9.59 Å². The van der Waals surface area contributed by atoms with Crippen LogP contribution in [0.5, 0.6) is 0 Å². The molecule has 2 unspecified atom stereocenters. The van der Waals surface area contributed by atoms with Gasteiger partial charge in [-0.2, -0.15) is 0 Å². The van der Waals surface area contributed by atoms with Crippen molar-refractivity contribution in [2.75, 3.05) is 13.1 Å². The molecule has 1 aliphatic rings. The summed E-state index contributed by atoms with van der Waals surface area (Å²) in [7, 11) is 0. The third-order valence-corrected chi connectivity index (χ3v) is 2.98. The zero-order valence-corrected chi connectivity index (χ0v) is 11.8. The van der Waals surface area contributed by atoms with Gasteiger partial charge in [-0.3, -0.25) is 9.59 Å². The van der Waals surface area contributed by atoms with Gasteiger partial charge in [0.15, 0.2) is 0 Å². The van der Waals surface area contributed by atoms with Crippen molar-refractivity contribution in [1.82, 2.24) is 16.0 Å². The Labute approximate surface area is 109 Å². The molecule has 1 saturated heterocycles. The predicted molar refractivity (Wildman–Crippen MR) is 71.1 cm³/mol. The van der Waals surface area contributed by atoms with E-state index in [1.807, 2.05) is 20.8 Å². The van der Waals surface area contributed by atoms with Crippen LogP contribution in [0.25, 0.3) is 0 Å². The second-order valence-corrected chi connectivity index (χ2v) is 6.04. The molecule has 3 N–H and O–H groups in total. The minimum Gasteiger partial charge on any atom is -0.354 e. The Hall–Kier alpha value is -1.10. The van der Waals surface area contributed by atoms with Crippen molar-refractivity contribution >= 4 is 11.8 Å². The van der Waals surface area contributed by atoms with E-state index in [0.717, 1.165) is 13.0 Å². The Morgan fingerprint density at radius 3 is 2.50 bits per heavy atom. The third-order valence-electron chi connectivity index (χ3n) is 2.98. The Bertz CT molecular complexity index is 310. The van der Waals surface area contributed by atoms with Crippen LogP contribution in [0.1, 0.15) is 40.5 Å². The van der Waals surface area contributed by atoms with Crippen molar-refractivity contribution in [2.24, 2.45) is 5.92 Å². The van der Waals surface area contributed by atoms with Crippen molar-refractivity contribution in [1.29, 1.82) is 0 Å². The van der Waals surface area contributed by atoms with Crippen LogP contribution in [-0.4, -0.2) is 36.5 Å². The first-order valence-corrected chi connectivity index (χ1v) is 6.62. The average Bonchev–Trinajstić information content (AvgIpc) is 2.61. The predicted octanol–water partition coefficient (Wildman–Crippen LogP) is 0.405. The molecule has 1 heterocycles. The Balaban J connectivity index is 2.21. The van der Waals surface area contributed by atoms with Crippen LogP contribution in [-0.2, 0) is 9.59 Å². The van der Waals surface area contributed by atoms with E-state index < -0.39 is 0 Å². The van der Waals surface area contributed by atoms with Gasteiger partial charge in [-0.1, -0.05) is 6.92 Å². The molecule has 1 rings (SSSR count). The number of rotatable bonds is 4. The third kappa shape index (κ3) is 5.04. The van der Waals surface area contributed by atoms with Gasteiger partial charge in [-0.25, -0.2) is 0 Å². The maximum Gasteiger partial charge on any atom is 0.237 e. The van der Waals surface area contributed by atoms with Gasteiger partial charge in [0.05, 0.1) is 6.04 Å². The van der Waals surface area contributed by atoms with Crippen LogP contribution >= 0.6 is 0 Å². The molecule has 0 aromatic carbocycles. The summed E-state index contributed by atoms with van der Waals surface area (Å²) in [6.45, 7) is 9.17. The van der Waals surface area contributed by atoms with Gasteiger partial charge in [0.25, 0.3) is 0 Å². The second kappa shape index (κ2) is 6.18. The molecule has 0 aliphatic carbocycles. The van der Waals surface area contributed by atoms with Crippen LogP contribution in [0, 0.1) is 5.92 Å². The highest BCUT2D eigenvalue weighted by Gasteiger charge is 2.28. The zero-order chi connectivity index (χ0) is 13.8. The Morgan fingerprint density at radius 2 is 2.00 bits per heavy atom. The van der Waals surface area contributed by atoms with Crippen molar-refractivity contribution in [2.45, 2.75) is 52.1 Å². The number of carbonyl (C=O) groups is 2. The first-order chi connectivity index (χ1) is 8.29. The van der Waals surface area contributed by atoms with E-state index in [-0.39, 0.29) is 23.4 Å². The SMILES string of the molecule is CC1CCNC1C(=O)NCCC(=O)NC(C)(C)C. The van der Waals surface area contributed by atoms with E-state index >= 15 is 0 Å². The average molecular weight is 255 g/mol. The summed E-state index contributed by atoms with van der Waals surface area (Å²) in [5.74, 6) is 0.340. The Morgan fingerprint density at radius 1 is 1.33 bits per heavy atom. The van der Waals surface area contributed by atoms with Gasteiger partial charge in [0.1, 0.15) is 0 Å². The van der Waals surface area contributed by atoms with Crippen molar-refractivity contribution in [3.8, 4) is 0 Å². The summed E-state index contributed by atoms with van der Waals surface area (Å²) in [4.78, 5) is 23.4. The smallest absolute Gasteiger partial charge is 0.237 e. The molecule has 0 saturated carbocycles. The fraction of sp³-hybridized carbons (Fsp3) is 0.846. The van der Waals surface area contributed by atoms with E-state index in [9.17, 15) is 9.59 Å². The summed E-state index contributed by atoms with van der Waals surface area (Å²) < 4.78 is 0. The molecule has 104 valence electrons. The topological polar surface area (TPSA) is 70.2 Å². The summed E-state index contributed by atoms with van der Waals surface area (Å²) in [5, 5.41) is 8.84. The van der Waals surface area contributed by atoms with Crippen LogP contribution < -0.4 is 16.0 Å². The summed E-state index contributed by atoms with van der Waals surface area (Å²) in [5.41, 5.74) is -0.220. The molecule has 0 bridgehead atoms. The van der Waals surface area contributed by atoms with Crippen molar-refractivity contribution in [3.63, 3.8) is 0 Å². The van der Waals surface area contributed by atoms with E-state index in [4.69, 9.17) is 0 Å². The maximum atomic E-state index is 11.8. The minimum absolute atomic E-state index is 0.00330. The van der Waals surface area contributed by atoms with Crippen LogP contribution in [0.4, 0.5) is 0 Å². The molecule has 18 heavy (non-hydrogen) atoms. The molecule has 5 nitrogen and oxygen atoms in total. The molecule has 5 heteroatoms. The van der Waals surface area contributed by atoms with E-state index in [2.05, 4.69) is 22.9 Å². The van der Waals surface area contributed by atoms with E-state index in [1.54, 1.807) is 0 Å². The number of nitrogens with one attached hydrogen (secondary N) is 3. The van der Waals surface area contributed by atoms with Gasteiger partial charge in [-0.05, 0) is 39.7 Å². The lowest BCUT2D eigenvalue weighted by atomic mass is 10.0. The molecule has 2 atom stereocenters. The number of carbonyl (C=O) groups excluding carboxylic acids is 2.